The molecule has 0 spiro atoms. The smallest absolute Gasteiger partial charge is 0.462 e. The quantitative estimate of drug-likeness (QED) is 0.0222. The molecule has 0 amide bonds. The van der Waals surface area contributed by atoms with Gasteiger partial charge in [0.15, 0.2) is 12.2 Å². The standard InChI is InChI=1S/C74H144O17P2/c1-7-9-11-13-15-17-25-34-40-46-52-58-73(78)90-69(62-84-71(76)56-50-44-38-30-16-14-12-10-8-2)64-88-92(80,81)86-60-68(75)61-87-93(82,83)89-65-70(63-85-72(77)57-51-45-39-33-28-24-20-22-27-32-37-43-49-55-67(5)6)91-74(79)59-53-47-41-35-29-23-19-18-21-26-31-36-42-48-54-66(3)4/h66-70,75H,7-65H2,1-6H3,(H,80,81)(H,82,83)/t68-,69+,70+/m0/s1. The second-order valence-electron chi connectivity index (χ2n) is 27.6. The lowest BCUT2D eigenvalue weighted by atomic mass is 10.0. The number of hydrogen-bond donors (Lipinski definition) is 3. The van der Waals surface area contributed by atoms with E-state index in [1.54, 1.807) is 0 Å². The molecule has 19 heteroatoms. The van der Waals surface area contributed by atoms with Crippen LogP contribution >= 0.6 is 15.6 Å². The molecule has 0 aliphatic carbocycles. The van der Waals surface area contributed by atoms with Crippen molar-refractivity contribution in [2.45, 2.75) is 400 Å². The van der Waals surface area contributed by atoms with Gasteiger partial charge < -0.3 is 33.8 Å². The summed E-state index contributed by atoms with van der Waals surface area (Å²) in [5.74, 6) is -0.532. The molecule has 3 N–H and O–H groups in total. The number of phosphoric acid groups is 2. The van der Waals surface area contributed by atoms with Crippen LogP contribution in [0.25, 0.3) is 0 Å². The Morgan fingerprint density at radius 3 is 0.731 bits per heavy atom. The number of aliphatic hydroxyl groups excluding tert-OH is 1. The van der Waals surface area contributed by atoms with E-state index < -0.39 is 97.5 Å². The molecule has 0 aromatic rings. The van der Waals surface area contributed by atoms with Crippen molar-refractivity contribution in [2.24, 2.45) is 11.8 Å². The van der Waals surface area contributed by atoms with Crippen molar-refractivity contribution < 1.29 is 80.2 Å². The minimum Gasteiger partial charge on any atom is -0.462 e. The number of hydrogen-bond acceptors (Lipinski definition) is 15. The lowest BCUT2D eigenvalue weighted by Gasteiger charge is -2.21. The van der Waals surface area contributed by atoms with Crippen molar-refractivity contribution in [2.75, 3.05) is 39.6 Å². The zero-order valence-electron chi connectivity index (χ0n) is 60.6. The molecule has 17 nitrogen and oxygen atoms in total. The second kappa shape index (κ2) is 66.0. The zero-order valence-corrected chi connectivity index (χ0v) is 62.3. The zero-order chi connectivity index (χ0) is 68.6. The third-order valence-corrected chi connectivity index (χ3v) is 19.1. The summed E-state index contributed by atoms with van der Waals surface area (Å²) in [6.45, 7) is 9.60. The molecular weight excluding hydrogens is 1220 g/mol. The van der Waals surface area contributed by atoms with Crippen LogP contribution in [0.5, 0.6) is 0 Å². The third kappa shape index (κ3) is 68.4. The molecule has 0 aliphatic rings. The van der Waals surface area contributed by atoms with E-state index in [0.29, 0.717) is 25.7 Å². The SMILES string of the molecule is CCCCCCCCCCCCCC(=O)O[C@H](COC(=O)CCCCCCCCCCC)COP(=O)(O)OC[C@H](O)COP(=O)(O)OC[C@@H](COC(=O)CCCCCCCCCCCCCCCC(C)C)OC(=O)CCCCCCCCCCCCCCCCC(C)C. The molecule has 0 bridgehead atoms. The average molecular weight is 1370 g/mol. The van der Waals surface area contributed by atoms with Gasteiger partial charge in [-0.15, -0.1) is 0 Å². The van der Waals surface area contributed by atoms with Gasteiger partial charge in [-0.2, -0.15) is 0 Å². The molecular formula is C74H144O17P2. The third-order valence-electron chi connectivity index (χ3n) is 17.2. The van der Waals surface area contributed by atoms with Crippen molar-refractivity contribution in [3.8, 4) is 0 Å². The number of rotatable bonds is 73. The van der Waals surface area contributed by atoms with Gasteiger partial charge in [-0.1, -0.05) is 330 Å². The van der Waals surface area contributed by atoms with E-state index >= 15 is 0 Å². The lowest BCUT2D eigenvalue weighted by molar-refractivity contribution is -0.161. The molecule has 5 atom stereocenters. The number of unbranched alkanes of at least 4 members (excludes halogenated alkanes) is 43. The fourth-order valence-corrected chi connectivity index (χ4v) is 12.9. The van der Waals surface area contributed by atoms with Crippen LogP contribution in [0.3, 0.4) is 0 Å². The molecule has 0 fully saturated rings. The lowest BCUT2D eigenvalue weighted by Crippen LogP contribution is -2.30. The predicted molar refractivity (Wildman–Crippen MR) is 377 cm³/mol. The van der Waals surface area contributed by atoms with Gasteiger partial charge in [-0.05, 0) is 37.5 Å². The molecule has 0 saturated carbocycles. The van der Waals surface area contributed by atoms with Crippen molar-refractivity contribution in [3.05, 3.63) is 0 Å². The van der Waals surface area contributed by atoms with Crippen molar-refractivity contribution >= 4 is 39.5 Å². The summed E-state index contributed by atoms with van der Waals surface area (Å²) in [4.78, 5) is 72.7. The average Bonchev–Trinajstić information content (AvgIpc) is 1.75. The van der Waals surface area contributed by atoms with E-state index in [0.717, 1.165) is 102 Å². The first-order chi connectivity index (χ1) is 44.9. The molecule has 0 rings (SSSR count). The van der Waals surface area contributed by atoms with Crippen LogP contribution in [0.4, 0.5) is 0 Å². The summed E-state index contributed by atoms with van der Waals surface area (Å²) >= 11 is 0. The number of phosphoric ester groups is 2. The summed E-state index contributed by atoms with van der Waals surface area (Å²) in [7, 11) is -9.90. The Morgan fingerprint density at radius 1 is 0.290 bits per heavy atom. The monoisotopic (exact) mass is 1370 g/mol. The Bertz CT molecular complexity index is 1800. The van der Waals surface area contributed by atoms with E-state index in [1.165, 1.54) is 199 Å². The molecule has 552 valence electrons. The van der Waals surface area contributed by atoms with E-state index in [9.17, 15) is 43.2 Å². The van der Waals surface area contributed by atoms with Crippen LogP contribution in [-0.2, 0) is 65.4 Å². The first kappa shape index (κ1) is 91.1. The minimum atomic E-state index is -4.96. The maximum Gasteiger partial charge on any atom is 0.472 e. The maximum atomic E-state index is 13.1. The molecule has 0 aliphatic heterocycles. The Balaban J connectivity index is 5.22. The number of aliphatic hydroxyl groups is 1. The van der Waals surface area contributed by atoms with E-state index in [4.69, 9.17) is 37.0 Å². The minimum absolute atomic E-state index is 0.107. The molecule has 2 unspecified atom stereocenters. The normalized spacial score (nSPS) is 14.1. The fraction of sp³-hybridized carbons (Fsp3) is 0.946. The fourth-order valence-electron chi connectivity index (χ4n) is 11.3. The molecule has 93 heavy (non-hydrogen) atoms. The second-order valence-corrected chi connectivity index (χ2v) is 30.5. The van der Waals surface area contributed by atoms with Crippen LogP contribution < -0.4 is 0 Å². The topological polar surface area (TPSA) is 237 Å². The van der Waals surface area contributed by atoms with Gasteiger partial charge >= 0.3 is 39.5 Å². The van der Waals surface area contributed by atoms with Crippen LogP contribution in [0.15, 0.2) is 0 Å². The van der Waals surface area contributed by atoms with Gasteiger partial charge in [0.25, 0.3) is 0 Å². The highest BCUT2D eigenvalue weighted by atomic mass is 31.2. The van der Waals surface area contributed by atoms with E-state index in [-0.39, 0.29) is 25.7 Å². The molecule has 0 saturated heterocycles. The molecule has 0 heterocycles. The predicted octanol–water partition coefficient (Wildman–Crippen LogP) is 21.6. The Hall–Kier alpha value is -1.94. The van der Waals surface area contributed by atoms with Gasteiger partial charge in [0.1, 0.15) is 19.3 Å². The van der Waals surface area contributed by atoms with E-state index in [1.807, 2.05) is 0 Å². The maximum absolute atomic E-state index is 13.1. The Morgan fingerprint density at radius 2 is 0.495 bits per heavy atom. The number of carbonyl (C=O) groups excluding carboxylic acids is 4. The van der Waals surface area contributed by atoms with Crippen molar-refractivity contribution in [1.82, 2.24) is 0 Å². The van der Waals surface area contributed by atoms with Gasteiger partial charge in [0.05, 0.1) is 26.4 Å². The largest absolute Gasteiger partial charge is 0.472 e. The summed E-state index contributed by atoms with van der Waals surface area (Å²) in [5.41, 5.74) is 0. The van der Waals surface area contributed by atoms with Gasteiger partial charge in [-0.25, -0.2) is 9.13 Å². The number of carbonyl (C=O) groups is 4. The first-order valence-electron chi connectivity index (χ1n) is 38.5. The molecule has 0 radical (unpaired) electrons. The number of ether oxygens (including phenoxy) is 4. The summed E-state index contributed by atoms with van der Waals surface area (Å²) in [6, 6.07) is 0. The van der Waals surface area contributed by atoms with Gasteiger partial charge in [0.2, 0.25) is 0 Å². The molecule has 0 aromatic carbocycles. The van der Waals surface area contributed by atoms with Crippen LogP contribution in [0, 0.1) is 11.8 Å². The Kier molecular flexibility index (Phi) is 64.6. The van der Waals surface area contributed by atoms with Crippen LogP contribution in [-0.4, -0.2) is 96.7 Å². The van der Waals surface area contributed by atoms with Crippen LogP contribution in [0.1, 0.15) is 382 Å². The summed E-state index contributed by atoms with van der Waals surface area (Å²) in [5, 5.41) is 10.6. The first-order valence-corrected chi connectivity index (χ1v) is 41.5. The highest BCUT2D eigenvalue weighted by Gasteiger charge is 2.30. The van der Waals surface area contributed by atoms with Gasteiger partial charge in [-0.3, -0.25) is 37.3 Å². The highest BCUT2D eigenvalue weighted by molar-refractivity contribution is 7.47. The summed E-state index contributed by atoms with van der Waals surface area (Å²) < 4.78 is 68.4. The molecule has 0 aromatic heterocycles. The van der Waals surface area contributed by atoms with Crippen molar-refractivity contribution in [3.63, 3.8) is 0 Å². The number of esters is 4. The van der Waals surface area contributed by atoms with Crippen LogP contribution in [0.2, 0.25) is 0 Å². The van der Waals surface area contributed by atoms with Gasteiger partial charge in [0, 0.05) is 25.7 Å². The van der Waals surface area contributed by atoms with E-state index in [2.05, 4.69) is 41.5 Å². The highest BCUT2D eigenvalue weighted by Crippen LogP contribution is 2.45. The summed E-state index contributed by atoms with van der Waals surface area (Å²) in [6.07, 6.45) is 52.6. The van der Waals surface area contributed by atoms with Crippen molar-refractivity contribution in [1.29, 1.82) is 0 Å². The Labute approximate surface area is 568 Å².